The van der Waals surface area contributed by atoms with Crippen LogP contribution in [0.2, 0.25) is 0 Å². The molecule has 4 nitrogen and oxygen atoms in total. The van der Waals surface area contributed by atoms with Crippen molar-refractivity contribution in [3.63, 3.8) is 0 Å². The highest BCUT2D eigenvalue weighted by Crippen LogP contribution is 2.21. The molecule has 0 spiro atoms. The number of nitrogens with zero attached hydrogens (tertiary/aromatic N) is 2. The molecule has 0 unspecified atom stereocenters. The summed E-state index contributed by atoms with van der Waals surface area (Å²) in [5, 5.41) is 3.13. The number of benzene rings is 2. The minimum atomic E-state index is -0.0824. The average Bonchev–Trinajstić information content (AvgIpc) is 2.74. The van der Waals surface area contributed by atoms with Gasteiger partial charge in [-0.3, -0.25) is 4.90 Å². The van der Waals surface area contributed by atoms with Crippen LogP contribution in [0.25, 0.3) is 6.08 Å². The zero-order valence-corrected chi connectivity index (χ0v) is 17.0. The monoisotopic (exact) mass is 377 g/mol. The number of urea groups is 1. The summed E-state index contributed by atoms with van der Waals surface area (Å²) in [7, 11) is 0. The molecule has 1 fully saturated rings. The van der Waals surface area contributed by atoms with Gasteiger partial charge in [0, 0.05) is 44.7 Å². The molecule has 0 saturated carbocycles. The quantitative estimate of drug-likeness (QED) is 0.826. The van der Waals surface area contributed by atoms with Gasteiger partial charge in [0.05, 0.1) is 0 Å². The number of amides is 2. The second-order valence-corrected chi connectivity index (χ2v) is 8.01. The Balaban J connectivity index is 1.41. The Labute approximate surface area is 168 Å². The van der Waals surface area contributed by atoms with Gasteiger partial charge < -0.3 is 10.2 Å². The number of hydrogen-bond donors (Lipinski definition) is 1. The highest BCUT2D eigenvalue weighted by atomic mass is 16.2. The third kappa shape index (κ3) is 5.70. The third-order valence-corrected chi connectivity index (χ3v) is 5.37. The van der Waals surface area contributed by atoms with Crippen molar-refractivity contribution in [2.75, 3.05) is 39.3 Å². The molecule has 0 radical (unpaired) electrons. The lowest BCUT2D eigenvalue weighted by Gasteiger charge is -2.35. The van der Waals surface area contributed by atoms with Gasteiger partial charge in [0.25, 0.3) is 0 Å². The van der Waals surface area contributed by atoms with Crippen LogP contribution in [-0.4, -0.2) is 55.1 Å². The van der Waals surface area contributed by atoms with Gasteiger partial charge in [0.1, 0.15) is 0 Å². The lowest BCUT2D eigenvalue weighted by molar-refractivity contribution is 0.145. The van der Waals surface area contributed by atoms with Gasteiger partial charge in [-0.1, -0.05) is 86.7 Å². The zero-order chi connectivity index (χ0) is 19.8. The van der Waals surface area contributed by atoms with Crippen molar-refractivity contribution < 1.29 is 4.79 Å². The van der Waals surface area contributed by atoms with Gasteiger partial charge in [-0.15, -0.1) is 0 Å². The first-order valence-electron chi connectivity index (χ1n) is 10.1. The molecular formula is C24H31N3O. The predicted molar refractivity (Wildman–Crippen MR) is 116 cm³/mol. The summed E-state index contributed by atoms with van der Waals surface area (Å²) in [4.78, 5) is 16.9. The number of carbonyl (C=O) groups is 1. The van der Waals surface area contributed by atoms with E-state index in [9.17, 15) is 4.79 Å². The molecule has 0 aliphatic carbocycles. The number of hydrogen-bond acceptors (Lipinski definition) is 2. The normalized spacial score (nSPS) is 15.7. The highest BCUT2D eigenvalue weighted by molar-refractivity contribution is 5.74. The Morgan fingerprint density at radius 1 is 0.964 bits per heavy atom. The van der Waals surface area contributed by atoms with Gasteiger partial charge >= 0.3 is 6.03 Å². The topological polar surface area (TPSA) is 35.6 Å². The maximum absolute atomic E-state index is 12.6. The predicted octanol–water partition coefficient (Wildman–Crippen LogP) is 4.00. The van der Waals surface area contributed by atoms with Crippen LogP contribution in [0.4, 0.5) is 4.79 Å². The third-order valence-electron chi connectivity index (χ3n) is 5.37. The maximum Gasteiger partial charge on any atom is 0.317 e. The van der Waals surface area contributed by atoms with Crippen LogP contribution >= 0.6 is 0 Å². The molecule has 2 aromatic carbocycles. The lowest BCUT2D eigenvalue weighted by Crippen LogP contribution is -2.53. The molecule has 2 aromatic rings. The van der Waals surface area contributed by atoms with Crippen LogP contribution in [0.1, 0.15) is 25.0 Å². The van der Waals surface area contributed by atoms with Crippen molar-refractivity contribution in [3.05, 3.63) is 77.9 Å². The van der Waals surface area contributed by atoms with Gasteiger partial charge in [-0.05, 0) is 11.1 Å². The van der Waals surface area contributed by atoms with Gasteiger partial charge in [-0.2, -0.15) is 0 Å². The second kappa shape index (κ2) is 9.56. The molecule has 2 amide bonds. The van der Waals surface area contributed by atoms with Crippen molar-refractivity contribution >= 4 is 12.1 Å². The van der Waals surface area contributed by atoms with Crippen LogP contribution in [0.3, 0.4) is 0 Å². The standard InChI is InChI=1S/C24H31N3O/c1-24(2,22-13-7-4-8-14-22)20-25-23(28)27-18-16-26(17-19-27)15-9-12-21-10-5-3-6-11-21/h3-14H,15-20H2,1-2H3,(H,25,28)/b12-9+. The molecule has 1 aliphatic rings. The second-order valence-electron chi connectivity index (χ2n) is 8.01. The first-order chi connectivity index (χ1) is 13.5. The fraction of sp³-hybridized carbons (Fsp3) is 0.375. The molecule has 0 bridgehead atoms. The van der Waals surface area contributed by atoms with Crippen LogP contribution in [0, 0.1) is 0 Å². The molecule has 148 valence electrons. The minimum Gasteiger partial charge on any atom is -0.337 e. The maximum atomic E-state index is 12.6. The van der Waals surface area contributed by atoms with Crippen molar-refractivity contribution in [3.8, 4) is 0 Å². The van der Waals surface area contributed by atoms with Gasteiger partial charge in [0.2, 0.25) is 0 Å². The SMILES string of the molecule is CC(C)(CNC(=O)N1CCN(C/C=C/c2ccccc2)CC1)c1ccccc1. The first kappa shape index (κ1) is 20.2. The Morgan fingerprint density at radius 3 is 2.21 bits per heavy atom. The fourth-order valence-corrected chi connectivity index (χ4v) is 3.44. The molecule has 1 N–H and O–H groups in total. The van der Waals surface area contributed by atoms with Crippen LogP contribution in [0.15, 0.2) is 66.7 Å². The number of piperazine rings is 1. The molecule has 1 heterocycles. The van der Waals surface area contributed by atoms with Crippen molar-refractivity contribution in [2.24, 2.45) is 0 Å². The zero-order valence-electron chi connectivity index (χ0n) is 17.0. The minimum absolute atomic E-state index is 0.0449. The Morgan fingerprint density at radius 2 is 1.57 bits per heavy atom. The van der Waals surface area contributed by atoms with E-state index in [4.69, 9.17) is 0 Å². The van der Waals surface area contributed by atoms with Crippen molar-refractivity contribution in [1.29, 1.82) is 0 Å². The summed E-state index contributed by atoms with van der Waals surface area (Å²) in [6.07, 6.45) is 4.36. The summed E-state index contributed by atoms with van der Waals surface area (Å²) >= 11 is 0. The van der Waals surface area contributed by atoms with E-state index in [1.807, 2.05) is 29.2 Å². The fourth-order valence-electron chi connectivity index (χ4n) is 3.44. The molecule has 1 aliphatic heterocycles. The van der Waals surface area contributed by atoms with Gasteiger partial charge in [-0.25, -0.2) is 4.79 Å². The molecule has 1 saturated heterocycles. The van der Waals surface area contributed by atoms with E-state index in [-0.39, 0.29) is 11.4 Å². The Hall–Kier alpha value is -2.59. The number of nitrogens with one attached hydrogen (secondary N) is 1. The van der Waals surface area contributed by atoms with Gasteiger partial charge in [0.15, 0.2) is 0 Å². The van der Waals surface area contributed by atoms with Crippen molar-refractivity contribution in [2.45, 2.75) is 19.3 Å². The Kier molecular flexibility index (Phi) is 6.88. The summed E-state index contributed by atoms with van der Waals surface area (Å²) in [5.74, 6) is 0. The molecule has 0 atom stereocenters. The molecule has 3 rings (SSSR count). The van der Waals surface area contributed by atoms with Crippen LogP contribution in [-0.2, 0) is 5.41 Å². The highest BCUT2D eigenvalue weighted by Gasteiger charge is 2.24. The van der Waals surface area contributed by atoms with Crippen LogP contribution in [0.5, 0.6) is 0 Å². The summed E-state index contributed by atoms with van der Waals surface area (Å²) in [6.45, 7) is 9.26. The van der Waals surface area contributed by atoms with Crippen molar-refractivity contribution in [1.82, 2.24) is 15.1 Å². The van der Waals surface area contributed by atoms with E-state index in [1.165, 1.54) is 11.1 Å². The lowest BCUT2D eigenvalue weighted by atomic mass is 9.85. The molecular weight excluding hydrogens is 346 g/mol. The molecule has 28 heavy (non-hydrogen) atoms. The Bertz CT molecular complexity index is 763. The molecule has 4 heteroatoms. The van der Waals surface area contributed by atoms with E-state index < -0.39 is 0 Å². The first-order valence-corrected chi connectivity index (χ1v) is 10.1. The van der Waals surface area contributed by atoms with Crippen LogP contribution < -0.4 is 5.32 Å². The number of carbonyl (C=O) groups excluding carboxylic acids is 1. The average molecular weight is 378 g/mol. The molecule has 0 aromatic heterocycles. The van der Waals surface area contributed by atoms with E-state index in [1.54, 1.807) is 0 Å². The summed E-state index contributed by atoms with van der Waals surface area (Å²) in [6, 6.07) is 20.7. The smallest absolute Gasteiger partial charge is 0.317 e. The van der Waals surface area contributed by atoms with E-state index in [0.717, 1.165) is 32.7 Å². The van der Waals surface area contributed by atoms with E-state index >= 15 is 0 Å². The summed E-state index contributed by atoms with van der Waals surface area (Å²) in [5.41, 5.74) is 2.38. The largest absolute Gasteiger partial charge is 0.337 e. The van der Waals surface area contributed by atoms with E-state index in [2.05, 4.69) is 72.6 Å². The van der Waals surface area contributed by atoms with E-state index in [0.29, 0.717) is 6.54 Å². The summed E-state index contributed by atoms with van der Waals surface area (Å²) < 4.78 is 0. The number of rotatable bonds is 6.